The quantitative estimate of drug-likeness (QED) is 0.382. The van der Waals surface area contributed by atoms with E-state index in [-0.39, 0.29) is 17.0 Å². The van der Waals surface area contributed by atoms with Crippen LogP contribution in [-0.2, 0) is 12.1 Å². The lowest BCUT2D eigenvalue weighted by molar-refractivity contribution is 0.0397. The smallest absolute Gasteiger partial charge is 0.322 e. The maximum Gasteiger partial charge on any atom is 0.322 e. The Labute approximate surface area is 227 Å². The van der Waals surface area contributed by atoms with E-state index in [0.29, 0.717) is 24.6 Å². The Balaban J connectivity index is 1.46. The number of nitrogens with one attached hydrogen (secondary N) is 1. The third kappa shape index (κ3) is 6.16. The molecule has 1 N–H and O–H groups in total. The first-order chi connectivity index (χ1) is 18.3. The maximum absolute atomic E-state index is 13.5. The van der Waals surface area contributed by atoms with E-state index >= 15 is 0 Å². The molecule has 1 aromatic heterocycles. The predicted molar refractivity (Wildman–Crippen MR) is 152 cm³/mol. The second kappa shape index (κ2) is 11.9. The third-order valence-electron chi connectivity index (χ3n) is 8.34. The number of para-hydroxylation sites is 1. The molecule has 4 rings (SSSR count). The number of benzene rings is 2. The highest BCUT2D eigenvalue weighted by Gasteiger charge is 2.43. The number of hydrogen-bond acceptors (Lipinski definition) is 5. The standard InChI is InChI=1S/C31H41N5O2/c1-24-32-22-27(23-33-24)36(29(37)34-21-25-11-9-10-14-28(25)38-5)20-19-30(2)15-17-31(18-16-30,35(3)4)26-12-7-6-8-13-26/h6-14,22-23H,15-21H2,1-5H3,(H,34,37)/t30-,31-. The van der Waals surface area contributed by atoms with Gasteiger partial charge < -0.3 is 10.1 Å². The summed E-state index contributed by atoms with van der Waals surface area (Å²) in [6.07, 6.45) is 8.76. The van der Waals surface area contributed by atoms with Gasteiger partial charge in [0, 0.05) is 24.2 Å². The molecule has 7 nitrogen and oxygen atoms in total. The minimum Gasteiger partial charge on any atom is -0.496 e. The van der Waals surface area contributed by atoms with Crippen LogP contribution in [0.15, 0.2) is 67.0 Å². The van der Waals surface area contributed by atoms with Gasteiger partial charge in [-0.25, -0.2) is 14.8 Å². The van der Waals surface area contributed by atoms with Gasteiger partial charge in [-0.3, -0.25) is 9.80 Å². The lowest BCUT2D eigenvalue weighted by Gasteiger charge is -2.49. The van der Waals surface area contributed by atoms with E-state index in [2.05, 4.69) is 71.5 Å². The number of rotatable bonds is 9. The largest absolute Gasteiger partial charge is 0.496 e. The van der Waals surface area contributed by atoms with Crippen molar-refractivity contribution in [2.45, 2.75) is 58.0 Å². The fourth-order valence-electron chi connectivity index (χ4n) is 5.63. The van der Waals surface area contributed by atoms with Crippen molar-refractivity contribution in [2.75, 3.05) is 32.6 Å². The van der Waals surface area contributed by atoms with Crippen LogP contribution in [-0.4, -0.2) is 48.6 Å². The van der Waals surface area contributed by atoms with Gasteiger partial charge in [-0.1, -0.05) is 55.5 Å². The van der Waals surface area contributed by atoms with Crippen molar-refractivity contribution < 1.29 is 9.53 Å². The van der Waals surface area contributed by atoms with E-state index < -0.39 is 0 Å². The molecule has 0 spiro atoms. The number of nitrogens with zero attached hydrogens (tertiary/aromatic N) is 4. The maximum atomic E-state index is 13.5. The number of ether oxygens (including phenoxy) is 1. The molecule has 0 aliphatic heterocycles. The molecule has 1 aliphatic rings. The Morgan fingerprint density at radius 2 is 1.61 bits per heavy atom. The average Bonchev–Trinajstić information content (AvgIpc) is 2.94. The number of hydrogen-bond donors (Lipinski definition) is 1. The molecular weight excluding hydrogens is 474 g/mol. The number of aromatic nitrogens is 2. The third-order valence-corrected chi connectivity index (χ3v) is 8.34. The fraction of sp³-hybridized carbons (Fsp3) is 0.452. The molecule has 7 heteroatoms. The number of urea groups is 1. The van der Waals surface area contributed by atoms with Gasteiger partial charge in [-0.15, -0.1) is 0 Å². The van der Waals surface area contributed by atoms with Crippen LogP contribution >= 0.6 is 0 Å². The van der Waals surface area contributed by atoms with Crippen LogP contribution in [0.25, 0.3) is 0 Å². The molecule has 0 atom stereocenters. The van der Waals surface area contributed by atoms with Crippen molar-refractivity contribution in [1.82, 2.24) is 20.2 Å². The summed E-state index contributed by atoms with van der Waals surface area (Å²) in [4.78, 5) is 26.4. The molecule has 2 aromatic carbocycles. The number of aryl methyl sites for hydroxylation is 1. The first-order valence-corrected chi connectivity index (χ1v) is 13.5. The molecule has 0 bridgehead atoms. The molecule has 1 fully saturated rings. The van der Waals surface area contributed by atoms with E-state index in [0.717, 1.165) is 43.4 Å². The molecule has 1 saturated carbocycles. The van der Waals surface area contributed by atoms with E-state index in [1.807, 2.05) is 31.2 Å². The number of amides is 2. The molecule has 0 saturated heterocycles. The van der Waals surface area contributed by atoms with Gasteiger partial charge in [-0.05, 0) is 70.2 Å². The first-order valence-electron chi connectivity index (χ1n) is 13.5. The monoisotopic (exact) mass is 515 g/mol. The van der Waals surface area contributed by atoms with Crippen LogP contribution in [0.1, 0.15) is 56.0 Å². The highest BCUT2D eigenvalue weighted by atomic mass is 16.5. The first kappa shape index (κ1) is 27.6. The Kier molecular flexibility index (Phi) is 8.67. The van der Waals surface area contributed by atoms with E-state index in [1.165, 1.54) is 5.56 Å². The molecular formula is C31H41N5O2. The molecule has 3 aromatic rings. The van der Waals surface area contributed by atoms with Crippen LogP contribution in [0.4, 0.5) is 10.5 Å². The summed E-state index contributed by atoms with van der Waals surface area (Å²) in [7, 11) is 6.03. The molecule has 1 aliphatic carbocycles. The summed E-state index contributed by atoms with van der Waals surface area (Å²) >= 11 is 0. The Hall–Kier alpha value is -3.45. The fourth-order valence-corrected chi connectivity index (χ4v) is 5.63. The lowest BCUT2D eigenvalue weighted by Crippen LogP contribution is -2.47. The van der Waals surface area contributed by atoms with E-state index in [1.54, 1.807) is 24.4 Å². The Morgan fingerprint density at radius 3 is 2.24 bits per heavy atom. The van der Waals surface area contributed by atoms with Gasteiger partial charge in [0.1, 0.15) is 11.6 Å². The second-order valence-corrected chi connectivity index (χ2v) is 11.0. The Morgan fingerprint density at radius 1 is 0.974 bits per heavy atom. The van der Waals surface area contributed by atoms with Gasteiger partial charge in [0.2, 0.25) is 0 Å². The van der Waals surface area contributed by atoms with Crippen molar-refractivity contribution in [2.24, 2.45) is 5.41 Å². The highest BCUT2D eigenvalue weighted by molar-refractivity contribution is 5.91. The number of anilines is 1. The number of methoxy groups -OCH3 is 1. The molecule has 0 radical (unpaired) electrons. The zero-order valence-electron chi connectivity index (χ0n) is 23.4. The van der Waals surface area contributed by atoms with E-state index in [4.69, 9.17) is 4.74 Å². The predicted octanol–water partition coefficient (Wildman–Crippen LogP) is 5.94. The summed E-state index contributed by atoms with van der Waals surface area (Å²) in [5.74, 6) is 1.44. The normalized spacial score (nSPS) is 21.2. The molecule has 0 unspecified atom stereocenters. The minimum absolute atomic E-state index is 0.0529. The lowest BCUT2D eigenvalue weighted by atomic mass is 9.64. The van der Waals surface area contributed by atoms with Crippen LogP contribution < -0.4 is 15.0 Å². The van der Waals surface area contributed by atoms with Crippen LogP contribution in [0, 0.1) is 12.3 Å². The summed E-state index contributed by atoms with van der Waals surface area (Å²) in [6, 6.07) is 18.5. The molecule has 2 amide bonds. The number of carbonyl (C=O) groups excluding carboxylic acids is 1. The second-order valence-electron chi connectivity index (χ2n) is 11.0. The summed E-state index contributed by atoms with van der Waals surface area (Å²) in [5, 5.41) is 3.08. The SMILES string of the molecule is COc1ccccc1CNC(=O)N(CC[C@]1(C)CC[C@@](c2ccccc2)(N(C)C)CC1)c1cnc(C)nc1. The summed E-state index contributed by atoms with van der Waals surface area (Å²) in [5.41, 5.74) is 3.22. The summed E-state index contributed by atoms with van der Waals surface area (Å²) < 4.78 is 5.45. The van der Waals surface area contributed by atoms with Crippen LogP contribution in [0.2, 0.25) is 0 Å². The summed E-state index contributed by atoms with van der Waals surface area (Å²) in [6.45, 7) is 5.20. The van der Waals surface area contributed by atoms with Gasteiger partial charge in [-0.2, -0.15) is 0 Å². The van der Waals surface area contributed by atoms with Crippen LogP contribution in [0.3, 0.4) is 0 Å². The van der Waals surface area contributed by atoms with Gasteiger partial charge in [0.25, 0.3) is 0 Å². The van der Waals surface area contributed by atoms with Crippen LogP contribution in [0.5, 0.6) is 5.75 Å². The minimum atomic E-state index is -0.158. The van der Waals surface area contributed by atoms with Gasteiger partial charge in [0.15, 0.2) is 0 Å². The highest BCUT2D eigenvalue weighted by Crippen LogP contribution is 2.49. The molecule has 38 heavy (non-hydrogen) atoms. The van der Waals surface area contributed by atoms with Crippen molar-refractivity contribution in [3.8, 4) is 5.75 Å². The van der Waals surface area contributed by atoms with Gasteiger partial charge >= 0.3 is 6.03 Å². The van der Waals surface area contributed by atoms with Crippen molar-refractivity contribution in [3.63, 3.8) is 0 Å². The van der Waals surface area contributed by atoms with E-state index in [9.17, 15) is 4.79 Å². The molecule has 1 heterocycles. The molecule has 202 valence electrons. The zero-order valence-corrected chi connectivity index (χ0v) is 23.4. The number of carbonyl (C=O) groups is 1. The zero-order chi connectivity index (χ0) is 27.2. The van der Waals surface area contributed by atoms with Crippen molar-refractivity contribution >= 4 is 11.7 Å². The Bertz CT molecular complexity index is 1190. The average molecular weight is 516 g/mol. The van der Waals surface area contributed by atoms with Crippen molar-refractivity contribution in [3.05, 3.63) is 83.9 Å². The topological polar surface area (TPSA) is 70.6 Å². The van der Waals surface area contributed by atoms with Crippen molar-refractivity contribution in [1.29, 1.82) is 0 Å². The van der Waals surface area contributed by atoms with Gasteiger partial charge in [0.05, 0.1) is 25.2 Å².